The van der Waals surface area contributed by atoms with Crippen LogP contribution in [0, 0.1) is 0 Å². The number of carbonyl (C=O) groups excluding carboxylic acids is 1. The van der Waals surface area contributed by atoms with Crippen LogP contribution in [0.3, 0.4) is 0 Å². The van der Waals surface area contributed by atoms with Gasteiger partial charge in [0.2, 0.25) is 5.76 Å². The number of ether oxygens (including phenoxy) is 2. The van der Waals surface area contributed by atoms with E-state index in [9.17, 15) is 18.0 Å². The molecule has 0 spiro atoms. The number of unbranched alkanes of at least 4 members (excludes halogenated alkanes) is 5. The van der Waals surface area contributed by atoms with Gasteiger partial charge in [0.05, 0.1) is 36.0 Å². The number of halogens is 3. The van der Waals surface area contributed by atoms with E-state index in [1.165, 1.54) is 41.0 Å². The number of H-pyrrole nitrogens is 2. The monoisotopic (exact) mass is 1140 g/mol. The molecule has 0 unspecified atom stereocenters. The van der Waals surface area contributed by atoms with Gasteiger partial charge in [0.15, 0.2) is 5.78 Å². The Labute approximate surface area is 497 Å². The van der Waals surface area contributed by atoms with Crippen LogP contribution in [-0.4, -0.2) is 50.2 Å². The molecule has 436 valence electrons. The minimum atomic E-state index is -4.98. The Morgan fingerprint density at radius 1 is 0.424 bits per heavy atom. The number of aromatic nitrogens is 4. The van der Waals surface area contributed by atoms with Crippen molar-refractivity contribution in [2.75, 3.05) is 13.2 Å². The van der Waals surface area contributed by atoms with Gasteiger partial charge in [-0.05, 0) is 153 Å². The summed E-state index contributed by atoms with van der Waals surface area (Å²) in [6, 6.07) is 49.6. The van der Waals surface area contributed by atoms with Crippen LogP contribution >= 0.6 is 0 Å². The lowest BCUT2D eigenvalue weighted by atomic mass is 9.86. The summed E-state index contributed by atoms with van der Waals surface area (Å²) in [5.74, 6) is -1.57. The fourth-order valence-corrected chi connectivity index (χ4v) is 10.8. The lowest BCUT2D eigenvalue weighted by Crippen LogP contribution is -2.13. The highest BCUT2D eigenvalue weighted by atomic mass is 19.4. The predicted molar refractivity (Wildman–Crippen MR) is 343 cm³/mol. The molecule has 3 aromatic heterocycles. The van der Waals surface area contributed by atoms with Crippen molar-refractivity contribution in [3.05, 3.63) is 202 Å². The van der Waals surface area contributed by atoms with Crippen molar-refractivity contribution in [2.24, 2.45) is 0 Å². The van der Waals surface area contributed by atoms with Gasteiger partial charge < -0.3 is 24.5 Å². The van der Waals surface area contributed by atoms with Crippen LogP contribution in [0.1, 0.15) is 151 Å². The van der Waals surface area contributed by atoms with Crippen LogP contribution in [0.2, 0.25) is 0 Å². The van der Waals surface area contributed by atoms with E-state index in [1.807, 2.05) is 12.1 Å². The van der Waals surface area contributed by atoms with E-state index in [2.05, 4.69) is 206 Å². The average molecular weight is 1140 g/mol. The zero-order valence-electron chi connectivity index (χ0n) is 50.1. The number of rotatable bonds is 17. The molecule has 5 aromatic carbocycles. The normalized spacial score (nSPS) is 12.9. The summed E-state index contributed by atoms with van der Waals surface area (Å²) in [5.41, 5.74) is 19.0. The van der Waals surface area contributed by atoms with Crippen molar-refractivity contribution in [3.63, 3.8) is 0 Å². The largest absolute Gasteiger partial charge is 0.504 e. The molecule has 0 fully saturated rings. The molecule has 3 N–H and O–H groups in total. The Balaban J connectivity index is 0.952. The zero-order chi connectivity index (χ0) is 60.3. The molecular formula is C74H75F3N4O4. The van der Waals surface area contributed by atoms with Crippen molar-refractivity contribution >= 4 is 52.2 Å². The van der Waals surface area contributed by atoms with Crippen molar-refractivity contribution in [1.29, 1.82) is 0 Å². The second-order valence-electron chi connectivity index (χ2n) is 25.2. The first-order valence-electron chi connectivity index (χ1n) is 29.5. The molecule has 0 amide bonds. The molecule has 10 rings (SSSR count). The average Bonchev–Trinajstić information content (AvgIpc) is 2.29. The first-order valence-corrected chi connectivity index (χ1v) is 29.5. The summed E-state index contributed by atoms with van der Waals surface area (Å²) >= 11 is 0. The van der Waals surface area contributed by atoms with Gasteiger partial charge in [-0.1, -0.05) is 173 Å². The molecule has 0 saturated carbocycles. The summed E-state index contributed by atoms with van der Waals surface area (Å²) in [7, 11) is 0. The number of alkyl halides is 3. The molecule has 0 saturated heterocycles. The maximum atomic E-state index is 12.6. The number of aliphatic hydroxyl groups is 1. The summed E-state index contributed by atoms with van der Waals surface area (Å²) < 4.78 is 50.0. The van der Waals surface area contributed by atoms with Gasteiger partial charge >= 0.3 is 6.18 Å². The summed E-state index contributed by atoms with van der Waals surface area (Å²) in [6.45, 7) is 21.2. The Morgan fingerprint density at radius 2 is 0.706 bits per heavy atom. The molecule has 0 atom stereocenters. The molecule has 8 bridgehead atoms. The molecule has 11 heteroatoms. The number of nitrogens with zero attached hydrogens (tertiary/aromatic N) is 2. The van der Waals surface area contributed by atoms with Crippen LogP contribution in [-0.2, 0) is 16.2 Å². The van der Waals surface area contributed by atoms with E-state index >= 15 is 0 Å². The van der Waals surface area contributed by atoms with Crippen molar-refractivity contribution in [1.82, 2.24) is 19.9 Å². The molecule has 8 aromatic rings. The molecular weight excluding hydrogens is 1070 g/mol. The van der Waals surface area contributed by atoms with E-state index in [-0.39, 0.29) is 27.9 Å². The maximum Gasteiger partial charge on any atom is 0.448 e. The van der Waals surface area contributed by atoms with E-state index in [1.54, 1.807) is 0 Å². The Kier molecular flexibility index (Phi) is 17.1. The molecule has 2 aliphatic rings. The van der Waals surface area contributed by atoms with Gasteiger partial charge in [-0.15, -0.1) is 0 Å². The number of hydrogen-bond acceptors (Lipinski definition) is 6. The number of carbonyl (C=O) groups is 1. The predicted octanol–water partition coefficient (Wildman–Crippen LogP) is 20.2. The molecule has 8 nitrogen and oxygen atoms in total. The number of aromatic amines is 2. The molecule has 5 heterocycles. The SMILES string of the molecule is CC(C)(C)c1ccc(-c2c3nc(c(-c4ccc(C(C)(C)C)cc4)c4ccc([nH]4)c(-c4ccc(C(C)(C)C)cc4)c4nc(c(-c5ccc(OCCCCCCCCOc6ccc(C(=O)/C=C(\O)C(F)(F)F)cc6)cc5)c5ccc2[nH]5)C=C4)C=C3)cc1. The first kappa shape index (κ1) is 59.5. The van der Waals surface area contributed by atoms with Crippen molar-refractivity contribution in [3.8, 4) is 56.0 Å². The fraction of sp³-hybridized carbons (Fsp3) is 0.284. The van der Waals surface area contributed by atoms with Gasteiger partial charge in [0.1, 0.15) is 11.5 Å². The minimum absolute atomic E-state index is 0.00710. The summed E-state index contributed by atoms with van der Waals surface area (Å²) in [5, 5.41) is 9.11. The van der Waals surface area contributed by atoms with Crippen LogP contribution in [0.25, 0.3) is 90.9 Å². The van der Waals surface area contributed by atoms with E-state index in [0.29, 0.717) is 19.0 Å². The second kappa shape index (κ2) is 24.5. The Morgan fingerprint density at radius 3 is 1.00 bits per heavy atom. The third kappa shape index (κ3) is 13.9. The minimum Gasteiger partial charge on any atom is -0.504 e. The lowest BCUT2D eigenvalue weighted by Gasteiger charge is -2.19. The Hall–Kier alpha value is -8.70. The lowest BCUT2D eigenvalue weighted by molar-refractivity contribution is -0.120. The molecule has 2 aliphatic heterocycles. The number of benzene rings is 5. The second-order valence-corrected chi connectivity index (χ2v) is 25.2. The highest BCUT2D eigenvalue weighted by molar-refractivity contribution is 6.05. The van der Waals surface area contributed by atoms with E-state index < -0.39 is 17.7 Å². The number of nitrogens with one attached hydrogen (secondary N) is 2. The van der Waals surface area contributed by atoms with Crippen molar-refractivity contribution < 1.29 is 32.5 Å². The summed E-state index contributed by atoms with van der Waals surface area (Å²) in [6.07, 6.45) is 9.59. The van der Waals surface area contributed by atoms with Crippen LogP contribution in [0.5, 0.6) is 11.5 Å². The van der Waals surface area contributed by atoms with Crippen LogP contribution < -0.4 is 9.47 Å². The number of ketones is 1. The first-order chi connectivity index (χ1) is 40.5. The number of fused-ring (bicyclic) bond motifs is 8. The highest BCUT2D eigenvalue weighted by Crippen LogP contribution is 2.40. The standard InChI is InChI=1S/C74H75F3N4O4/c1-71(2,3)52-26-16-48(17-27-52)67-57-36-38-59(78-57)68(49-18-28-53(29-19-49)72(4,5)6)61-40-42-63(80-61)70(64-43-41-62(81-64)69(60-39-37-58(67)79-60)50-20-30-54(31-21-50)73(7,8)9)51-24-34-56(35-25-51)85-45-15-13-11-10-12-14-44-84-55-32-22-47(23-33-55)65(82)46-66(83)74(75,76)77/h16-43,46,78,81,83H,10-15,44-45H2,1-9H3/b66-46-,67-57?,67-58?,68-59?,68-61?,69-60?,69-62?,70-63?,70-64?. The maximum absolute atomic E-state index is 12.6. The molecule has 0 radical (unpaired) electrons. The quantitative estimate of drug-likeness (QED) is 0.0362. The van der Waals surface area contributed by atoms with Crippen LogP contribution in [0.4, 0.5) is 13.2 Å². The van der Waals surface area contributed by atoms with Crippen LogP contribution in [0.15, 0.2) is 157 Å². The number of aliphatic hydroxyl groups excluding tert-OH is 1. The van der Waals surface area contributed by atoms with Gasteiger partial charge in [0.25, 0.3) is 0 Å². The Bertz CT molecular complexity index is 3920. The highest BCUT2D eigenvalue weighted by Gasteiger charge is 2.34. The van der Waals surface area contributed by atoms with E-state index in [0.717, 1.165) is 134 Å². The fourth-order valence-electron chi connectivity index (χ4n) is 10.8. The third-order valence-corrected chi connectivity index (χ3v) is 15.8. The smallest absolute Gasteiger partial charge is 0.448 e. The third-order valence-electron chi connectivity index (χ3n) is 15.8. The molecule has 85 heavy (non-hydrogen) atoms. The summed E-state index contributed by atoms with van der Waals surface area (Å²) in [4.78, 5) is 31.0. The number of hydrogen-bond donors (Lipinski definition) is 3. The van der Waals surface area contributed by atoms with Gasteiger partial charge in [-0.25, -0.2) is 9.97 Å². The molecule has 0 aliphatic carbocycles. The topological polar surface area (TPSA) is 113 Å². The zero-order valence-corrected chi connectivity index (χ0v) is 50.1. The van der Waals surface area contributed by atoms with Gasteiger partial charge in [-0.3, -0.25) is 4.79 Å². The number of allylic oxidation sites excluding steroid dienone is 2. The van der Waals surface area contributed by atoms with Gasteiger partial charge in [-0.2, -0.15) is 13.2 Å². The van der Waals surface area contributed by atoms with Crippen molar-refractivity contribution in [2.45, 2.75) is 123 Å². The van der Waals surface area contributed by atoms with Gasteiger partial charge in [0, 0.05) is 56.0 Å². The van der Waals surface area contributed by atoms with E-state index in [4.69, 9.17) is 24.5 Å².